The van der Waals surface area contributed by atoms with E-state index in [1.807, 2.05) is 19.1 Å². The first-order valence-electron chi connectivity index (χ1n) is 6.21. The number of rotatable bonds is 6. The zero-order valence-electron chi connectivity index (χ0n) is 9.99. The predicted molar refractivity (Wildman–Crippen MR) is 66.6 cm³/mol. The summed E-state index contributed by atoms with van der Waals surface area (Å²) in [6.45, 7) is 2.88. The molecule has 0 amide bonds. The van der Waals surface area contributed by atoms with Crippen LogP contribution in [0.25, 0.3) is 0 Å². The Balaban J connectivity index is 1.82. The maximum absolute atomic E-state index is 5.78. The van der Waals surface area contributed by atoms with Crippen LogP contribution in [-0.2, 0) is 6.42 Å². The van der Waals surface area contributed by atoms with Crippen LogP contribution in [0.3, 0.4) is 0 Å². The summed E-state index contributed by atoms with van der Waals surface area (Å²) in [4.78, 5) is 0. The number of nitrogens with two attached hydrogens (primary N) is 1. The fourth-order valence-corrected chi connectivity index (χ4v) is 1.88. The van der Waals surface area contributed by atoms with E-state index in [9.17, 15) is 0 Å². The topological polar surface area (TPSA) is 35.2 Å². The van der Waals surface area contributed by atoms with Crippen LogP contribution in [0.1, 0.15) is 31.7 Å². The molecule has 0 saturated heterocycles. The maximum Gasteiger partial charge on any atom is 0.119 e. The van der Waals surface area contributed by atoms with Crippen molar-refractivity contribution in [1.29, 1.82) is 0 Å². The molecule has 1 unspecified atom stereocenters. The summed E-state index contributed by atoms with van der Waals surface area (Å²) < 4.78 is 5.74. The van der Waals surface area contributed by atoms with E-state index in [0.29, 0.717) is 0 Å². The predicted octanol–water partition coefficient (Wildman–Crippen LogP) is 2.76. The molecule has 0 spiro atoms. The molecule has 1 aromatic carbocycles. The highest BCUT2D eigenvalue weighted by atomic mass is 16.5. The smallest absolute Gasteiger partial charge is 0.119 e. The van der Waals surface area contributed by atoms with Crippen LogP contribution in [0.4, 0.5) is 0 Å². The standard InChI is InChI=1S/C14H21NO/c1-11(15)9-13-3-2-4-14(10-13)16-8-7-12-5-6-12/h2-4,10-12H,5-9,15H2,1H3. The van der Waals surface area contributed by atoms with E-state index >= 15 is 0 Å². The van der Waals surface area contributed by atoms with Crippen LogP contribution < -0.4 is 10.5 Å². The van der Waals surface area contributed by atoms with Gasteiger partial charge in [-0.15, -0.1) is 0 Å². The Morgan fingerprint density at radius 1 is 1.44 bits per heavy atom. The lowest BCUT2D eigenvalue weighted by molar-refractivity contribution is 0.302. The second-order valence-electron chi connectivity index (χ2n) is 4.91. The average Bonchev–Trinajstić information content (AvgIpc) is 3.01. The molecule has 1 aliphatic carbocycles. The molecule has 0 heterocycles. The molecular weight excluding hydrogens is 198 g/mol. The minimum Gasteiger partial charge on any atom is -0.494 e. The average molecular weight is 219 g/mol. The van der Waals surface area contributed by atoms with Gasteiger partial charge in [0.15, 0.2) is 0 Å². The maximum atomic E-state index is 5.78. The normalized spacial score (nSPS) is 17.1. The molecule has 2 rings (SSSR count). The molecule has 0 aliphatic heterocycles. The van der Waals surface area contributed by atoms with Gasteiger partial charge in [-0.25, -0.2) is 0 Å². The number of hydrogen-bond acceptors (Lipinski definition) is 2. The van der Waals surface area contributed by atoms with Gasteiger partial charge in [0.05, 0.1) is 6.61 Å². The van der Waals surface area contributed by atoms with E-state index in [2.05, 4.69) is 12.1 Å². The Kier molecular flexibility index (Phi) is 3.83. The van der Waals surface area contributed by atoms with Crippen molar-refractivity contribution in [2.24, 2.45) is 11.7 Å². The van der Waals surface area contributed by atoms with Crippen LogP contribution in [-0.4, -0.2) is 12.6 Å². The van der Waals surface area contributed by atoms with Crippen molar-refractivity contribution in [3.63, 3.8) is 0 Å². The van der Waals surface area contributed by atoms with Gasteiger partial charge < -0.3 is 10.5 Å². The van der Waals surface area contributed by atoms with Crippen molar-refractivity contribution in [3.05, 3.63) is 29.8 Å². The Hall–Kier alpha value is -1.02. The van der Waals surface area contributed by atoms with E-state index in [0.717, 1.165) is 24.7 Å². The molecule has 2 nitrogen and oxygen atoms in total. The van der Waals surface area contributed by atoms with Gasteiger partial charge in [-0.2, -0.15) is 0 Å². The van der Waals surface area contributed by atoms with Gasteiger partial charge in [0.1, 0.15) is 5.75 Å². The van der Waals surface area contributed by atoms with Crippen LogP contribution >= 0.6 is 0 Å². The molecule has 1 saturated carbocycles. The van der Waals surface area contributed by atoms with Crippen LogP contribution in [0.5, 0.6) is 5.75 Å². The van der Waals surface area contributed by atoms with Crippen molar-refractivity contribution in [1.82, 2.24) is 0 Å². The molecule has 1 atom stereocenters. The summed E-state index contributed by atoms with van der Waals surface area (Å²) in [6.07, 6.45) is 4.92. The molecule has 2 N–H and O–H groups in total. The molecule has 1 aromatic rings. The lowest BCUT2D eigenvalue weighted by atomic mass is 10.1. The molecule has 1 fully saturated rings. The van der Waals surface area contributed by atoms with Crippen molar-refractivity contribution < 1.29 is 4.74 Å². The molecule has 88 valence electrons. The van der Waals surface area contributed by atoms with Crippen LogP contribution in [0, 0.1) is 5.92 Å². The Labute approximate surface area is 97.8 Å². The molecule has 16 heavy (non-hydrogen) atoms. The zero-order valence-corrected chi connectivity index (χ0v) is 9.99. The van der Waals surface area contributed by atoms with Gasteiger partial charge in [-0.05, 0) is 43.4 Å². The highest BCUT2D eigenvalue weighted by Gasteiger charge is 2.20. The first kappa shape index (κ1) is 11.5. The summed E-state index contributed by atoms with van der Waals surface area (Å²) in [5.41, 5.74) is 7.04. The van der Waals surface area contributed by atoms with Crippen molar-refractivity contribution in [3.8, 4) is 5.75 Å². The number of ether oxygens (including phenoxy) is 1. The third-order valence-corrected chi connectivity index (χ3v) is 2.95. The third-order valence-electron chi connectivity index (χ3n) is 2.95. The lowest BCUT2D eigenvalue weighted by Crippen LogP contribution is -2.17. The largest absolute Gasteiger partial charge is 0.494 e. The van der Waals surface area contributed by atoms with E-state index < -0.39 is 0 Å². The molecule has 0 bridgehead atoms. The Bertz CT molecular complexity index is 331. The first-order valence-corrected chi connectivity index (χ1v) is 6.21. The van der Waals surface area contributed by atoms with Gasteiger partial charge in [-0.3, -0.25) is 0 Å². The van der Waals surface area contributed by atoms with Gasteiger partial charge >= 0.3 is 0 Å². The summed E-state index contributed by atoms with van der Waals surface area (Å²) in [5, 5.41) is 0. The van der Waals surface area contributed by atoms with E-state index in [1.165, 1.54) is 24.8 Å². The fraction of sp³-hybridized carbons (Fsp3) is 0.571. The van der Waals surface area contributed by atoms with E-state index in [-0.39, 0.29) is 6.04 Å². The second-order valence-corrected chi connectivity index (χ2v) is 4.91. The van der Waals surface area contributed by atoms with Gasteiger partial charge in [0.25, 0.3) is 0 Å². The van der Waals surface area contributed by atoms with Gasteiger partial charge in [-0.1, -0.05) is 25.0 Å². The SMILES string of the molecule is CC(N)Cc1cccc(OCCC2CC2)c1. The minimum atomic E-state index is 0.210. The van der Waals surface area contributed by atoms with Crippen LogP contribution in [0.15, 0.2) is 24.3 Å². The molecule has 0 aromatic heterocycles. The monoisotopic (exact) mass is 219 g/mol. The number of hydrogen-bond donors (Lipinski definition) is 1. The molecular formula is C14H21NO. The van der Waals surface area contributed by atoms with Gasteiger partial charge in [0, 0.05) is 6.04 Å². The van der Waals surface area contributed by atoms with Gasteiger partial charge in [0.2, 0.25) is 0 Å². The summed E-state index contributed by atoms with van der Waals surface area (Å²) >= 11 is 0. The number of benzene rings is 1. The van der Waals surface area contributed by atoms with Crippen molar-refractivity contribution in [2.75, 3.05) is 6.61 Å². The first-order chi connectivity index (χ1) is 7.74. The molecule has 2 heteroatoms. The fourth-order valence-electron chi connectivity index (χ4n) is 1.88. The summed E-state index contributed by atoms with van der Waals surface area (Å²) in [6, 6.07) is 8.50. The molecule has 0 radical (unpaired) electrons. The second kappa shape index (κ2) is 5.35. The Morgan fingerprint density at radius 3 is 2.94 bits per heavy atom. The summed E-state index contributed by atoms with van der Waals surface area (Å²) in [5.74, 6) is 1.92. The quantitative estimate of drug-likeness (QED) is 0.798. The highest BCUT2D eigenvalue weighted by Crippen LogP contribution is 2.32. The zero-order chi connectivity index (χ0) is 11.4. The van der Waals surface area contributed by atoms with E-state index in [1.54, 1.807) is 0 Å². The third kappa shape index (κ3) is 3.86. The Morgan fingerprint density at radius 2 is 2.25 bits per heavy atom. The minimum absolute atomic E-state index is 0.210. The molecule has 1 aliphatic rings. The highest BCUT2D eigenvalue weighted by molar-refractivity contribution is 5.29. The van der Waals surface area contributed by atoms with Crippen molar-refractivity contribution in [2.45, 2.75) is 38.6 Å². The van der Waals surface area contributed by atoms with Crippen LogP contribution in [0.2, 0.25) is 0 Å². The van der Waals surface area contributed by atoms with Crippen molar-refractivity contribution >= 4 is 0 Å². The van der Waals surface area contributed by atoms with E-state index in [4.69, 9.17) is 10.5 Å². The summed E-state index contributed by atoms with van der Waals surface area (Å²) in [7, 11) is 0. The lowest BCUT2D eigenvalue weighted by Gasteiger charge is -2.09.